The van der Waals surface area contributed by atoms with Gasteiger partial charge in [0.15, 0.2) is 0 Å². The molecule has 0 unspecified atom stereocenters. The van der Waals surface area contributed by atoms with Crippen molar-refractivity contribution < 1.29 is 13.6 Å². The van der Waals surface area contributed by atoms with E-state index in [2.05, 4.69) is 10.6 Å². The highest BCUT2D eigenvalue weighted by Gasteiger charge is 2.02. The van der Waals surface area contributed by atoms with E-state index in [4.69, 9.17) is 0 Å². The van der Waals surface area contributed by atoms with Crippen LogP contribution >= 0.6 is 0 Å². The van der Waals surface area contributed by atoms with Crippen LogP contribution < -0.4 is 10.6 Å². The van der Waals surface area contributed by atoms with Crippen LogP contribution in [0.2, 0.25) is 0 Å². The number of carbonyl (C=O) groups excluding carboxylic acids is 1. The lowest BCUT2D eigenvalue weighted by Gasteiger charge is -2.05. The molecule has 2 amide bonds. The number of halogens is 2. The van der Waals surface area contributed by atoms with Crippen molar-refractivity contribution in [2.45, 2.75) is 6.54 Å². The van der Waals surface area contributed by atoms with Crippen LogP contribution in [0.25, 0.3) is 6.08 Å². The molecule has 108 valence electrons. The summed E-state index contributed by atoms with van der Waals surface area (Å²) in [7, 11) is 0. The standard InChI is InChI=1S/C16H14F2N2O/c17-14-6-3-4-12(10-14)8-9-19-16(21)20-11-13-5-1-2-7-15(13)18/h1-10H,11H2,(H2,19,20,21)/b9-8+. The number of hydrogen-bond acceptors (Lipinski definition) is 1. The van der Waals surface area contributed by atoms with Crippen LogP contribution in [0.15, 0.2) is 54.7 Å². The molecular formula is C16H14F2N2O. The molecule has 0 heterocycles. The van der Waals surface area contributed by atoms with Gasteiger partial charge in [0.25, 0.3) is 0 Å². The first-order valence-electron chi connectivity index (χ1n) is 6.35. The highest BCUT2D eigenvalue weighted by atomic mass is 19.1. The van der Waals surface area contributed by atoms with E-state index in [1.165, 1.54) is 24.4 Å². The van der Waals surface area contributed by atoms with E-state index in [-0.39, 0.29) is 18.2 Å². The van der Waals surface area contributed by atoms with Gasteiger partial charge in [0.2, 0.25) is 0 Å². The van der Waals surface area contributed by atoms with Crippen molar-refractivity contribution in [3.63, 3.8) is 0 Å². The summed E-state index contributed by atoms with van der Waals surface area (Å²) in [4.78, 5) is 11.5. The number of rotatable bonds is 4. The Bertz CT molecular complexity index is 656. The summed E-state index contributed by atoms with van der Waals surface area (Å²) in [5, 5.41) is 4.99. The maximum atomic E-state index is 13.3. The summed E-state index contributed by atoms with van der Waals surface area (Å²) in [6.45, 7) is 0.0896. The molecule has 0 aliphatic heterocycles. The van der Waals surface area contributed by atoms with E-state index >= 15 is 0 Å². The zero-order chi connectivity index (χ0) is 15.1. The fourth-order valence-electron chi connectivity index (χ4n) is 1.69. The summed E-state index contributed by atoms with van der Waals surface area (Å²) in [6.07, 6.45) is 2.96. The number of benzene rings is 2. The Labute approximate surface area is 121 Å². The molecule has 0 atom stereocenters. The van der Waals surface area contributed by atoms with Gasteiger partial charge in [-0.1, -0.05) is 30.3 Å². The van der Waals surface area contributed by atoms with Crippen molar-refractivity contribution in [2.75, 3.05) is 0 Å². The van der Waals surface area contributed by atoms with E-state index < -0.39 is 6.03 Å². The van der Waals surface area contributed by atoms with Crippen molar-refractivity contribution >= 4 is 12.1 Å². The summed E-state index contributed by atoms with van der Waals surface area (Å²) in [5.41, 5.74) is 1.03. The van der Waals surface area contributed by atoms with Crippen LogP contribution in [-0.2, 0) is 6.54 Å². The maximum absolute atomic E-state index is 13.3. The van der Waals surface area contributed by atoms with Crippen LogP contribution in [0.5, 0.6) is 0 Å². The quantitative estimate of drug-likeness (QED) is 0.889. The molecule has 0 aliphatic carbocycles. The molecule has 0 saturated carbocycles. The predicted octanol–water partition coefficient (Wildman–Crippen LogP) is 3.43. The Balaban J connectivity index is 1.81. The topological polar surface area (TPSA) is 41.1 Å². The predicted molar refractivity (Wildman–Crippen MR) is 77.2 cm³/mol. The molecule has 0 fully saturated rings. The average Bonchev–Trinajstić information content (AvgIpc) is 2.46. The van der Waals surface area contributed by atoms with Gasteiger partial charge < -0.3 is 10.6 Å². The zero-order valence-electron chi connectivity index (χ0n) is 11.1. The summed E-state index contributed by atoms with van der Waals surface area (Å²) in [6, 6.07) is 11.7. The van der Waals surface area contributed by atoms with E-state index in [0.717, 1.165) is 0 Å². The van der Waals surface area contributed by atoms with E-state index in [0.29, 0.717) is 11.1 Å². The van der Waals surface area contributed by atoms with Gasteiger partial charge in [-0.15, -0.1) is 0 Å². The Kier molecular flexibility index (Phi) is 5.04. The van der Waals surface area contributed by atoms with Crippen LogP contribution in [0.1, 0.15) is 11.1 Å². The Hall–Kier alpha value is -2.69. The number of urea groups is 1. The Morgan fingerprint density at radius 2 is 1.90 bits per heavy atom. The number of carbonyl (C=O) groups is 1. The van der Waals surface area contributed by atoms with Gasteiger partial charge in [-0.2, -0.15) is 0 Å². The first-order valence-corrected chi connectivity index (χ1v) is 6.35. The fraction of sp³-hybridized carbons (Fsp3) is 0.0625. The smallest absolute Gasteiger partial charge is 0.319 e. The molecule has 0 saturated heterocycles. The van der Waals surface area contributed by atoms with Crippen LogP contribution in [0.4, 0.5) is 13.6 Å². The van der Waals surface area contributed by atoms with Gasteiger partial charge >= 0.3 is 6.03 Å². The largest absolute Gasteiger partial charge is 0.334 e. The van der Waals surface area contributed by atoms with Crippen LogP contribution in [0, 0.1) is 11.6 Å². The first kappa shape index (κ1) is 14.7. The lowest BCUT2D eigenvalue weighted by Crippen LogP contribution is -2.31. The van der Waals surface area contributed by atoms with Crippen molar-refractivity contribution in [3.8, 4) is 0 Å². The minimum atomic E-state index is -0.467. The van der Waals surface area contributed by atoms with Crippen molar-refractivity contribution in [3.05, 3.63) is 77.5 Å². The number of hydrogen-bond donors (Lipinski definition) is 2. The molecule has 0 radical (unpaired) electrons. The zero-order valence-corrected chi connectivity index (χ0v) is 11.1. The Morgan fingerprint density at radius 1 is 1.10 bits per heavy atom. The lowest BCUT2D eigenvalue weighted by molar-refractivity contribution is 0.243. The van der Waals surface area contributed by atoms with Gasteiger partial charge in [0.05, 0.1) is 0 Å². The lowest BCUT2D eigenvalue weighted by atomic mass is 10.2. The SMILES string of the molecule is O=C(N/C=C/c1cccc(F)c1)NCc1ccccc1F. The van der Waals surface area contributed by atoms with Crippen molar-refractivity contribution in [1.82, 2.24) is 10.6 Å². The average molecular weight is 288 g/mol. The highest BCUT2D eigenvalue weighted by Crippen LogP contribution is 2.06. The second-order valence-electron chi connectivity index (χ2n) is 4.31. The number of amides is 2. The monoisotopic (exact) mass is 288 g/mol. The normalized spacial score (nSPS) is 10.6. The Morgan fingerprint density at radius 3 is 2.67 bits per heavy atom. The molecule has 2 N–H and O–H groups in total. The third-order valence-corrected chi connectivity index (χ3v) is 2.74. The van der Waals surface area contributed by atoms with Gasteiger partial charge in [-0.05, 0) is 29.8 Å². The van der Waals surface area contributed by atoms with Crippen LogP contribution in [0.3, 0.4) is 0 Å². The highest BCUT2D eigenvalue weighted by molar-refractivity contribution is 5.75. The summed E-state index contributed by atoms with van der Waals surface area (Å²) >= 11 is 0. The molecule has 2 rings (SSSR count). The van der Waals surface area contributed by atoms with E-state index in [9.17, 15) is 13.6 Å². The van der Waals surface area contributed by atoms with Crippen molar-refractivity contribution in [2.24, 2.45) is 0 Å². The van der Waals surface area contributed by atoms with Gasteiger partial charge in [0.1, 0.15) is 11.6 Å². The molecule has 0 spiro atoms. The molecule has 0 bridgehead atoms. The number of nitrogens with one attached hydrogen (secondary N) is 2. The van der Waals surface area contributed by atoms with Crippen molar-refractivity contribution in [1.29, 1.82) is 0 Å². The second-order valence-corrected chi connectivity index (χ2v) is 4.31. The molecule has 3 nitrogen and oxygen atoms in total. The van der Waals surface area contributed by atoms with E-state index in [1.54, 1.807) is 36.4 Å². The molecule has 21 heavy (non-hydrogen) atoms. The minimum absolute atomic E-state index is 0.0896. The molecule has 0 aliphatic rings. The third kappa shape index (κ3) is 4.72. The van der Waals surface area contributed by atoms with Gasteiger partial charge in [-0.3, -0.25) is 0 Å². The fourth-order valence-corrected chi connectivity index (χ4v) is 1.69. The maximum Gasteiger partial charge on any atom is 0.319 e. The van der Waals surface area contributed by atoms with E-state index in [1.807, 2.05) is 0 Å². The van der Waals surface area contributed by atoms with Gasteiger partial charge in [-0.25, -0.2) is 13.6 Å². The second kappa shape index (κ2) is 7.19. The minimum Gasteiger partial charge on any atom is -0.334 e. The molecular weight excluding hydrogens is 274 g/mol. The summed E-state index contributed by atoms with van der Waals surface area (Å²) in [5.74, 6) is -0.714. The summed E-state index contributed by atoms with van der Waals surface area (Å²) < 4.78 is 26.3. The molecule has 2 aromatic carbocycles. The third-order valence-electron chi connectivity index (χ3n) is 2.74. The molecule has 5 heteroatoms. The molecule has 2 aromatic rings. The molecule has 0 aromatic heterocycles. The first-order chi connectivity index (χ1) is 10.1. The van der Waals surface area contributed by atoms with Crippen LogP contribution in [-0.4, -0.2) is 6.03 Å². The van der Waals surface area contributed by atoms with Gasteiger partial charge in [0, 0.05) is 18.3 Å².